The van der Waals surface area contributed by atoms with Gasteiger partial charge in [0.15, 0.2) is 0 Å². The molecule has 0 saturated heterocycles. The molecule has 5 heteroatoms. The van der Waals surface area contributed by atoms with Gasteiger partial charge in [-0.3, -0.25) is 20.4 Å². The van der Waals surface area contributed by atoms with Crippen molar-refractivity contribution < 1.29 is 14.3 Å². The fraction of sp³-hybridized carbons (Fsp3) is 0.636. The van der Waals surface area contributed by atoms with Gasteiger partial charge >= 0.3 is 0 Å². The van der Waals surface area contributed by atoms with E-state index in [1.54, 1.807) is 0 Å². The standard InChI is InChI=1S/C22H30N2O3/c1-15-4-2-3-5-19(15)27-7-6-20(25)23-24-21(26)14-22-11-16-8-17(12-22)10-18(9-16)13-22/h2-5,16-18H,6-14H2,1H3,(H,23,25)(H,24,26). The van der Waals surface area contributed by atoms with Gasteiger partial charge in [0.25, 0.3) is 0 Å². The zero-order valence-corrected chi connectivity index (χ0v) is 16.1. The molecule has 4 aliphatic carbocycles. The summed E-state index contributed by atoms with van der Waals surface area (Å²) in [5, 5.41) is 0. The van der Waals surface area contributed by atoms with Gasteiger partial charge in [0.2, 0.25) is 11.8 Å². The lowest BCUT2D eigenvalue weighted by molar-refractivity contribution is -0.134. The number of amides is 2. The summed E-state index contributed by atoms with van der Waals surface area (Å²) in [4.78, 5) is 24.4. The van der Waals surface area contributed by atoms with Crippen LogP contribution in [-0.4, -0.2) is 18.4 Å². The molecule has 4 fully saturated rings. The Kier molecular flexibility index (Phi) is 5.11. The van der Waals surface area contributed by atoms with Crippen molar-refractivity contribution in [3.05, 3.63) is 29.8 Å². The number of carbonyl (C=O) groups excluding carboxylic acids is 2. The normalized spacial score (nSPS) is 30.8. The molecule has 0 heterocycles. The first kappa shape index (κ1) is 18.3. The van der Waals surface area contributed by atoms with Crippen LogP contribution in [0.25, 0.3) is 0 Å². The molecule has 0 radical (unpaired) electrons. The average Bonchev–Trinajstić information content (AvgIpc) is 2.60. The predicted octanol–water partition coefficient (Wildman–Crippen LogP) is 3.52. The number of ether oxygens (including phenoxy) is 1. The first-order chi connectivity index (χ1) is 13.0. The second kappa shape index (κ2) is 7.53. The average molecular weight is 370 g/mol. The van der Waals surface area contributed by atoms with E-state index >= 15 is 0 Å². The van der Waals surface area contributed by atoms with Gasteiger partial charge in [0, 0.05) is 6.42 Å². The maximum absolute atomic E-state index is 12.4. The summed E-state index contributed by atoms with van der Waals surface area (Å²) in [5.41, 5.74) is 6.41. The third kappa shape index (κ3) is 4.28. The van der Waals surface area contributed by atoms with Crippen LogP contribution in [0.5, 0.6) is 5.75 Å². The van der Waals surface area contributed by atoms with Crippen LogP contribution in [0.4, 0.5) is 0 Å². The number of carbonyl (C=O) groups is 2. The van der Waals surface area contributed by atoms with Crippen LogP contribution in [0.3, 0.4) is 0 Å². The topological polar surface area (TPSA) is 67.4 Å². The summed E-state index contributed by atoms with van der Waals surface area (Å²) in [6.07, 6.45) is 8.48. The Bertz CT molecular complexity index is 680. The van der Waals surface area contributed by atoms with Gasteiger partial charge < -0.3 is 4.74 Å². The lowest BCUT2D eigenvalue weighted by Crippen LogP contribution is -2.50. The van der Waals surface area contributed by atoms with Gasteiger partial charge in [-0.2, -0.15) is 0 Å². The van der Waals surface area contributed by atoms with Crippen LogP contribution in [0, 0.1) is 30.1 Å². The van der Waals surface area contributed by atoms with E-state index in [1.165, 1.54) is 38.5 Å². The van der Waals surface area contributed by atoms with Gasteiger partial charge in [-0.15, -0.1) is 0 Å². The third-order valence-corrected chi connectivity index (χ3v) is 6.72. The van der Waals surface area contributed by atoms with E-state index in [2.05, 4.69) is 10.9 Å². The Hall–Kier alpha value is -2.04. The maximum atomic E-state index is 12.4. The highest BCUT2D eigenvalue weighted by Gasteiger charge is 2.51. The summed E-state index contributed by atoms with van der Waals surface area (Å²) in [6, 6.07) is 7.72. The van der Waals surface area contributed by atoms with Crippen molar-refractivity contribution >= 4 is 11.8 Å². The number of hydrogen-bond acceptors (Lipinski definition) is 3. The Labute approximate surface area is 161 Å². The summed E-state index contributed by atoms with van der Waals surface area (Å²) in [6.45, 7) is 2.27. The number of hydrogen-bond donors (Lipinski definition) is 2. The first-order valence-corrected chi connectivity index (χ1v) is 10.3. The van der Waals surface area contributed by atoms with Crippen molar-refractivity contribution in [3.63, 3.8) is 0 Å². The van der Waals surface area contributed by atoms with Gasteiger partial charge in [0.1, 0.15) is 5.75 Å². The Balaban J connectivity index is 1.18. The number of nitrogens with one attached hydrogen (secondary N) is 2. The van der Waals surface area contributed by atoms with Crippen molar-refractivity contribution in [1.82, 2.24) is 10.9 Å². The molecule has 1 aromatic rings. The monoisotopic (exact) mass is 370 g/mol. The fourth-order valence-electron chi connectivity index (χ4n) is 6.07. The molecule has 0 aliphatic heterocycles. The van der Waals surface area contributed by atoms with E-state index < -0.39 is 0 Å². The van der Waals surface area contributed by atoms with E-state index in [0.717, 1.165) is 29.1 Å². The molecule has 4 saturated carbocycles. The van der Waals surface area contributed by atoms with Crippen LogP contribution >= 0.6 is 0 Å². The Morgan fingerprint density at radius 3 is 2.22 bits per heavy atom. The minimum absolute atomic E-state index is 0.0508. The van der Waals surface area contributed by atoms with E-state index in [1.807, 2.05) is 31.2 Å². The number of aryl methyl sites for hydroxylation is 1. The van der Waals surface area contributed by atoms with Gasteiger partial charge in [-0.25, -0.2) is 0 Å². The minimum atomic E-state index is -0.220. The van der Waals surface area contributed by atoms with Crippen LogP contribution in [0.1, 0.15) is 56.9 Å². The zero-order valence-electron chi connectivity index (χ0n) is 16.1. The summed E-state index contributed by atoms with van der Waals surface area (Å²) < 4.78 is 5.63. The van der Waals surface area contributed by atoms with Crippen molar-refractivity contribution in [1.29, 1.82) is 0 Å². The van der Waals surface area contributed by atoms with Crippen molar-refractivity contribution in [3.8, 4) is 5.75 Å². The van der Waals surface area contributed by atoms with E-state index in [4.69, 9.17) is 4.74 Å². The molecular formula is C22H30N2O3. The Morgan fingerprint density at radius 2 is 1.59 bits per heavy atom. The molecule has 146 valence electrons. The fourth-order valence-corrected chi connectivity index (χ4v) is 6.07. The molecule has 5 rings (SSSR count). The molecule has 27 heavy (non-hydrogen) atoms. The summed E-state index contributed by atoms with van der Waals surface area (Å²) in [5.74, 6) is 3.01. The molecule has 1 aromatic carbocycles. The molecule has 0 aromatic heterocycles. The largest absolute Gasteiger partial charge is 0.493 e. The summed E-state index contributed by atoms with van der Waals surface area (Å²) >= 11 is 0. The predicted molar refractivity (Wildman–Crippen MR) is 103 cm³/mol. The van der Waals surface area contributed by atoms with Gasteiger partial charge in [-0.1, -0.05) is 18.2 Å². The van der Waals surface area contributed by atoms with E-state index in [0.29, 0.717) is 13.0 Å². The van der Waals surface area contributed by atoms with Crippen LogP contribution in [0.2, 0.25) is 0 Å². The summed E-state index contributed by atoms with van der Waals surface area (Å²) in [7, 11) is 0. The molecule has 2 amide bonds. The lowest BCUT2D eigenvalue weighted by Gasteiger charge is -2.56. The molecule has 2 N–H and O–H groups in total. The van der Waals surface area contributed by atoms with Crippen LogP contribution in [0.15, 0.2) is 24.3 Å². The van der Waals surface area contributed by atoms with Crippen molar-refractivity contribution in [2.75, 3.05) is 6.61 Å². The number of benzene rings is 1. The van der Waals surface area contributed by atoms with E-state index in [-0.39, 0.29) is 23.7 Å². The highest BCUT2D eigenvalue weighted by Crippen LogP contribution is 2.61. The van der Waals surface area contributed by atoms with Crippen molar-refractivity contribution in [2.45, 2.75) is 58.3 Å². The highest BCUT2D eigenvalue weighted by atomic mass is 16.5. The smallest absolute Gasteiger partial charge is 0.241 e. The second-order valence-corrected chi connectivity index (χ2v) is 9.05. The third-order valence-electron chi connectivity index (χ3n) is 6.72. The molecule has 0 unspecified atom stereocenters. The van der Waals surface area contributed by atoms with Crippen LogP contribution < -0.4 is 15.6 Å². The number of rotatable bonds is 6. The van der Waals surface area contributed by atoms with Crippen LogP contribution in [-0.2, 0) is 9.59 Å². The van der Waals surface area contributed by atoms with E-state index in [9.17, 15) is 9.59 Å². The van der Waals surface area contributed by atoms with Gasteiger partial charge in [-0.05, 0) is 80.2 Å². The SMILES string of the molecule is Cc1ccccc1OCCC(=O)NNC(=O)CC12CC3CC(CC(C3)C1)C2. The quantitative estimate of drug-likeness (QED) is 0.753. The molecular weight excluding hydrogens is 340 g/mol. The first-order valence-electron chi connectivity index (χ1n) is 10.3. The highest BCUT2D eigenvalue weighted by molar-refractivity contribution is 5.82. The minimum Gasteiger partial charge on any atom is -0.493 e. The molecule has 0 spiro atoms. The molecule has 4 bridgehead atoms. The maximum Gasteiger partial charge on any atom is 0.241 e. The number of para-hydroxylation sites is 1. The molecule has 4 aliphatic rings. The van der Waals surface area contributed by atoms with Crippen molar-refractivity contribution in [2.24, 2.45) is 23.2 Å². The zero-order chi connectivity index (χ0) is 18.9. The number of hydrazine groups is 1. The van der Waals surface area contributed by atoms with Gasteiger partial charge in [0.05, 0.1) is 13.0 Å². The molecule has 0 atom stereocenters. The molecule has 5 nitrogen and oxygen atoms in total. The Morgan fingerprint density at radius 1 is 1.00 bits per heavy atom. The lowest BCUT2D eigenvalue weighted by atomic mass is 9.49. The second-order valence-electron chi connectivity index (χ2n) is 9.05.